The van der Waals surface area contributed by atoms with E-state index in [0.29, 0.717) is 37.1 Å². The van der Waals surface area contributed by atoms with E-state index in [1.54, 1.807) is 6.08 Å². The second-order valence-corrected chi connectivity index (χ2v) is 12.0. The van der Waals surface area contributed by atoms with Crippen molar-refractivity contribution in [2.24, 2.45) is 5.41 Å². The zero-order valence-electron chi connectivity index (χ0n) is 20.7. The third-order valence-corrected chi connectivity index (χ3v) is 9.98. The molecule has 2 amide bonds. The third kappa shape index (κ3) is 4.46. The number of ether oxygens (including phenoxy) is 1. The van der Waals surface area contributed by atoms with Crippen molar-refractivity contribution in [3.8, 4) is 0 Å². The Bertz CT molecular complexity index is 1220. The standard InChI is InChI=1S/C23H28N6O7S2/c1-36-15(16-26-22(24)38-27-16)17(30)25-13-18(31)28-14(20(32)33)12(11-37-19(13)28)3-2-7-29-8-4-23(5-9-29,6-10-29)21(34)35/h2-3,13,15,19H,4-11H2,1H3,(H4-,24,25,26,27,30,32,33,34,35)/p+1/t13-,15?,19+,23?,29?/m1/s1. The summed E-state index contributed by atoms with van der Waals surface area (Å²) in [6.07, 6.45) is 4.53. The molecule has 13 nitrogen and oxygen atoms in total. The van der Waals surface area contributed by atoms with Crippen LogP contribution in [0.3, 0.4) is 0 Å². The molecule has 5 aliphatic rings. The molecule has 15 heteroatoms. The van der Waals surface area contributed by atoms with Crippen LogP contribution in [0.15, 0.2) is 23.4 Å². The number of piperidine rings is 3. The zero-order valence-corrected chi connectivity index (χ0v) is 22.3. The molecule has 1 aromatic rings. The monoisotopic (exact) mass is 565 g/mol. The molecule has 6 rings (SSSR count). The minimum absolute atomic E-state index is 0.0834. The molecule has 0 spiro atoms. The molecule has 3 atom stereocenters. The van der Waals surface area contributed by atoms with Gasteiger partial charge in [-0.25, -0.2) is 9.78 Å². The van der Waals surface area contributed by atoms with Gasteiger partial charge in [0, 0.05) is 43.7 Å². The van der Waals surface area contributed by atoms with Crippen molar-refractivity contribution in [2.45, 2.75) is 36.8 Å². The van der Waals surface area contributed by atoms with Crippen LogP contribution in [-0.4, -0.2) is 103 Å². The molecule has 0 saturated carbocycles. The summed E-state index contributed by atoms with van der Waals surface area (Å²) in [6, 6.07) is -0.907. The van der Waals surface area contributed by atoms with Crippen molar-refractivity contribution in [2.75, 3.05) is 44.8 Å². The summed E-state index contributed by atoms with van der Waals surface area (Å²) < 4.78 is 9.99. The summed E-state index contributed by atoms with van der Waals surface area (Å²) in [4.78, 5) is 54.8. The molecule has 2 bridgehead atoms. The second-order valence-electron chi connectivity index (χ2n) is 10.1. The Morgan fingerprint density at radius 2 is 1.97 bits per heavy atom. The number of allylic oxidation sites excluding steroid dienone is 1. The number of aromatic nitrogens is 2. The number of nitrogens with one attached hydrogen (secondary N) is 1. The van der Waals surface area contributed by atoms with Gasteiger partial charge in [0.15, 0.2) is 17.1 Å². The number of carboxylic acid groups (broad SMARTS) is 2. The summed E-state index contributed by atoms with van der Waals surface area (Å²) in [7, 11) is 1.32. The summed E-state index contributed by atoms with van der Waals surface area (Å²) >= 11 is 2.30. The molecular formula is C23H29N6O7S2+. The fourth-order valence-corrected chi connectivity index (χ4v) is 7.54. The number of carbonyl (C=O) groups excluding carboxylic acids is 2. The average molecular weight is 566 g/mol. The normalized spacial score (nSPS) is 31.2. The first kappa shape index (κ1) is 26.6. The first-order valence-corrected chi connectivity index (χ1v) is 14.0. The van der Waals surface area contributed by atoms with Gasteiger partial charge in [0.2, 0.25) is 0 Å². The smallest absolute Gasteiger partial charge is 0.352 e. The average Bonchev–Trinajstić information content (AvgIpc) is 3.33. The number of carbonyl (C=O) groups is 4. The maximum absolute atomic E-state index is 13.0. The van der Waals surface area contributed by atoms with Crippen molar-refractivity contribution >= 4 is 52.2 Å². The van der Waals surface area contributed by atoms with Crippen LogP contribution in [0.2, 0.25) is 0 Å². The number of fused-ring (bicyclic) bond motifs is 4. The van der Waals surface area contributed by atoms with E-state index in [1.165, 1.54) is 23.8 Å². The number of thioether (sulfide) groups is 1. The van der Waals surface area contributed by atoms with Crippen LogP contribution >= 0.6 is 23.3 Å². The van der Waals surface area contributed by atoms with Gasteiger partial charge in [0.05, 0.1) is 31.6 Å². The van der Waals surface area contributed by atoms with Crippen LogP contribution in [0.1, 0.15) is 31.2 Å². The molecule has 0 aromatic carbocycles. The predicted molar refractivity (Wildman–Crippen MR) is 137 cm³/mol. The minimum atomic E-state index is -1.21. The van der Waals surface area contributed by atoms with Crippen LogP contribution in [-0.2, 0) is 23.9 Å². The molecule has 4 fully saturated rings. The Morgan fingerprint density at radius 1 is 1.29 bits per heavy atom. The molecule has 0 aliphatic carbocycles. The molecule has 204 valence electrons. The number of amides is 2. The first-order chi connectivity index (χ1) is 18.1. The maximum Gasteiger partial charge on any atom is 0.352 e. The number of nitrogens with two attached hydrogens (primary N) is 1. The number of nitrogens with zero attached hydrogens (tertiary/aromatic N) is 4. The van der Waals surface area contributed by atoms with E-state index in [0.717, 1.165) is 35.6 Å². The summed E-state index contributed by atoms with van der Waals surface area (Å²) in [6.45, 7) is 3.04. The minimum Gasteiger partial charge on any atom is -0.481 e. The van der Waals surface area contributed by atoms with Crippen LogP contribution in [0.5, 0.6) is 0 Å². The van der Waals surface area contributed by atoms with Gasteiger partial charge >= 0.3 is 11.9 Å². The fourth-order valence-electron chi connectivity index (χ4n) is 5.76. The van der Waals surface area contributed by atoms with Crippen molar-refractivity contribution in [1.29, 1.82) is 0 Å². The Labute approximate surface area is 226 Å². The van der Waals surface area contributed by atoms with E-state index < -0.39 is 46.7 Å². The van der Waals surface area contributed by atoms with E-state index in [1.807, 2.05) is 6.08 Å². The van der Waals surface area contributed by atoms with E-state index in [2.05, 4.69) is 14.7 Å². The number of rotatable bonds is 9. The summed E-state index contributed by atoms with van der Waals surface area (Å²) in [5, 5.41) is 21.8. The molecule has 4 saturated heterocycles. The van der Waals surface area contributed by atoms with Gasteiger partial charge < -0.3 is 30.5 Å². The summed E-state index contributed by atoms with van der Waals surface area (Å²) in [5.74, 6) is -2.59. The number of methoxy groups -OCH3 is 1. The number of aliphatic carboxylic acids is 2. The molecular weight excluding hydrogens is 536 g/mol. The molecule has 5 N–H and O–H groups in total. The topological polar surface area (TPSA) is 185 Å². The van der Waals surface area contributed by atoms with Gasteiger partial charge in [-0.05, 0) is 11.6 Å². The lowest BCUT2D eigenvalue weighted by atomic mass is 9.70. The second kappa shape index (κ2) is 9.94. The van der Waals surface area contributed by atoms with Gasteiger partial charge in [-0.15, -0.1) is 11.8 Å². The van der Waals surface area contributed by atoms with Gasteiger partial charge in [-0.2, -0.15) is 4.37 Å². The number of nitrogen functional groups attached to an aromatic ring is 1. The number of carboxylic acids is 2. The third-order valence-electron chi connectivity index (χ3n) is 8.12. The molecule has 38 heavy (non-hydrogen) atoms. The molecule has 5 aliphatic heterocycles. The van der Waals surface area contributed by atoms with Crippen LogP contribution < -0.4 is 11.1 Å². The van der Waals surface area contributed by atoms with Gasteiger partial charge in [0.25, 0.3) is 11.8 Å². The highest BCUT2D eigenvalue weighted by Crippen LogP contribution is 2.44. The predicted octanol–water partition coefficient (Wildman–Crippen LogP) is 0.188. The molecule has 6 heterocycles. The Balaban J connectivity index is 1.25. The van der Waals surface area contributed by atoms with E-state index in [-0.39, 0.29) is 16.7 Å². The van der Waals surface area contributed by atoms with Crippen molar-refractivity contribution in [1.82, 2.24) is 19.6 Å². The largest absolute Gasteiger partial charge is 0.481 e. The number of anilines is 1. The van der Waals surface area contributed by atoms with E-state index in [4.69, 9.17) is 10.5 Å². The van der Waals surface area contributed by atoms with Crippen LogP contribution in [0.4, 0.5) is 5.13 Å². The number of hydrogen-bond acceptors (Lipinski definition) is 10. The SMILES string of the molecule is COC(C(=O)N[C@@H]1C(=O)N2C(C(=O)O)=C(C=CC[N+]34CCC(C(=O)O)(CC3)CC4)CS[C@@H]12)c1nsc(N)n1. The van der Waals surface area contributed by atoms with E-state index >= 15 is 0 Å². The van der Waals surface area contributed by atoms with Crippen molar-refractivity contribution < 1.29 is 38.6 Å². The highest BCUT2D eigenvalue weighted by atomic mass is 32.2. The van der Waals surface area contributed by atoms with E-state index in [9.17, 15) is 29.4 Å². The lowest BCUT2D eigenvalue weighted by molar-refractivity contribution is -0.939. The van der Waals surface area contributed by atoms with Crippen LogP contribution in [0, 0.1) is 5.41 Å². The highest BCUT2D eigenvalue weighted by Gasteiger charge is 2.55. The van der Waals surface area contributed by atoms with Gasteiger partial charge in [-0.1, -0.05) is 6.08 Å². The van der Waals surface area contributed by atoms with Crippen molar-refractivity contribution in [3.63, 3.8) is 0 Å². The van der Waals surface area contributed by atoms with Crippen LogP contribution in [0.25, 0.3) is 0 Å². The lowest BCUT2D eigenvalue weighted by Gasteiger charge is -2.52. The summed E-state index contributed by atoms with van der Waals surface area (Å²) in [5.41, 5.74) is 5.45. The van der Waals surface area contributed by atoms with Gasteiger partial charge in [0.1, 0.15) is 17.1 Å². The maximum atomic E-state index is 13.0. The van der Waals surface area contributed by atoms with Gasteiger partial charge in [-0.3, -0.25) is 19.3 Å². The fraction of sp³-hybridized carbons (Fsp3) is 0.565. The number of quaternary nitrogens is 1. The Hall–Kier alpha value is -3.01. The molecule has 0 radical (unpaired) electrons. The van der Waals surface area contributed by atoms with Crippen molar-refractivity contribution in [3.05, 3.63) is 29.2 Å². The molecule has 1 aromatic heterocycles. The Kier molecular flexibility index (Phi) is 6.96. The lowest BCUT2D eigenvalue weighted by Crippen LogP contribution is -2.70. The molecule has 1 unspecified atom stereocenters. The first-order valence-electron chi connectivity index (χ1n) is 12.2. The Morgan fingerprint density at radius 3 is 2.53 bits per heavy atom. The highest BCUT2D eigenvalue weighted by molar-refractivity contribution is 8.00. The zero-order chi connectivity index (χ0) is 27.2. The number of hydrogen-bond donors (Lipinski definition) is 4. The number of β-lactam (4-membered cyclic amide) rings is 1. The quantitative estimate of drug-likeness (QED) is 0.237.